The fourth-order valence-corrected chi connectivity index (χ4v) is 6.40. The van der Waals surface area contributed by atoms with Crippen LogP contribution in [0.1, 0.15) is 22.3 Å². The maximum Gasteiger partial charge on any atom is 0.335 e. The third kappa shape index (κ3) is 8.45. The van der Waals surface area contributed by atoms with Gasteiger partial charge in [0.25, 0.3) is 5.91 Å². The summed E-state index contributed by atoms with van der Waals surface area (Å²) in [6.45, 7) is 4.39. The van der Waals surface area contributed by atoms with Crippen LogP contribution in [0.15, 0.2) is 65.6 Å². The molecule has 0 atom stereocenters. The number of halogens is 1. The monoisotopic (exact) mass is 681 g/mol. The number of morpholine rings is 1. The molecule has 2 saturated heterocycles. The molecule has 2 aliphatic rings. The summed E-state index contributed by atoms with van der Waals surface area (Å²) in [6, 6.07) is 17.0. The molecule has 0 spiro atoms. The first-order valence-corrected chi connectivity index (χ1v) is 16.1. The highest BCUT2D eigenvalue weighted by Gasteiger charge is 2.32. The second-order valence-electron chi connectivity index (χ2n) is 10.4. The first-order valence-electron chi connectivity index (χ1n) is 14.5. The van der Waals surface area contributed by atoms with E-state index in [0.29, 0.717) is 56.8 Å². The number of nitrogens with zero attached hydrogens (tertiary/aromatic N) is 2. The van der Waals surface area contributed by atoms with Gasteiger partial charge in [-0.2, -0.15) is 0 Å². The minimum Gasteiger partial charge on any atom is -0.496 e. The molecule has 0 bridgehead atoms. The third-order valence-corrected chi connectivity index (χ3v) is 9.00. The van der Waals surface area contributed by atoms with Gasteiger partial charge in [0.05, 0.1) is 30.8 Å². The van der Waals surface area contributed by atoms with E-state index in [1.54, 1.807) is 25.3 Å². The van der Waals surface area contributed by atoms with E-state index in [0.717, 1.165) is 42.5 Å². The van der Waals surface area contributed by atoms with Crippen LogP contribution < -0.4 is 14.8 Å². The molecular weight excluding hydrogens is 650 g/mol. The summed E-state index contributed by atoms with van der Waals surface area (Å²) in [5.41, 5.74) is 2.95. The number of thioether (sulfide) groups is 1. The van der Waals surface area contributed by atoms with Crippen LogP contribution in [-0.2, 0) is 14.3 Å². The van der Waals surface area contributed by atoms with Crippen molar-refractivity contribution in [3.8, 4) is 22.6 Å². The van der Waals surface area contributed by atoms with Gasteiger partial charge in [-0.25, -0.2) is 4.79 Å². The van der Waals surface area contributed by atoms with Gasteiger partial charge in [-0.3, -0.25) is 19.4 Å². The van der Waals surface area contributed by atoms with E-state index < -0.39 is 5.97 Å². The van der Waals surface area contributed by atoms with Gasteiger partial charge in [0.15, 0.2) is 0 Å². The molecule has 2 N–H and O–H groups in total. The Morgan fingerprint density at radius 2 is 1.83 bits per heavy atom. The van der Waals surface area contributed by atoms with E-state index in [-0.39, 0.29) is 30.3 Å². The van der Waals surface area contributed by atoms with Crippen molar-refractivity contribution in [2.24, 2.45) is 0 Å². The lowest BCUT2D eigenvalue weighted by molar-refractivity contribution is -0.122. The normalized spacial score (nSPS) is 16.1. The molecule has 2 amide bonds. The molecule has 0 radical (unpaired) electrons. The van der Waals surface area contributed by atoms with Gasteiger partial charge in [-0.1, -0.05) is 41.6 Å². The maximum atomic E-state index is 13.5. The standard InChI is InChI=1S/C33H32ClN3O7S2/c1-42-28-20-24(34)5-8-26(28)22-4-9-27(44-17-14-36-12-15-43-16-13-36)23(18-22)19-29-31(39)37(33(45)46-29)11-10-30(38)35-25-6-2-21(3-7-25)32(40)41/h2-9,18-20H,10-17H2,1H3,(H,35,38)(H,40,41). The Kier molecular flexibility index (Phi) is 11.3. The maximum absolute atomic E-state index is 13.5. The lowest BCUT2D eigenvalue weighted by Gasteiger charge is -2.26. The second kappa shape index (κ2) is 15.6. The van der Waals surface area contributed by atoms with Crippen LogP contribution >= 0.6 is 35.6 Å². The van der Waals surface area contributed by atoms with Crippen molar-refractivity contribution in [1.82, 2.24) is 9.80 Å². The van der Waals surface area contributed by atoms with Gasteiger partial charge >= 0.3 is 5.97 Å². The number of carboxylic acid groups (broad SMARTS) is 1. The van der Waals surface area contributed by atoms with Crippen LogP contribution in [0.3, 0.4) is 0 Å². The van der Waals surface area contributed by atoms with Crippen LogP contribution in [0.25, 0.3) is 17.2 Å². The molecule has 3 aromatic rings. The summed E-state index contributed by atoms with van der Waals surface area (Å²) in [5, 5.41) is 12.3. The molecule has 0 unspecified atom stereocenters. The Bertz CT molecular complexity index is 1660. The molecule has 2 fully saturated rings. The molecule has 2 heterocycles. The number of anilines is 1. The number of amides is 2. The average Bonchev–Trinajstić information content (AvgIpc) is 3.32. The largest absolute Gasteiger partial charge is 0.496 e. The Morgan fingerprint density at radius 1 is 1.07 bits per heavy atom. The van der Waals surface area contributed by atoms with Crippen molar-refractivity contribution in [2.45, 2.75) is 6.42 Å². The molecule has 46 heavy (non-hydrogen) atoms. The number of carbonyl (C=O) groups is 3. The summed E-state index contributed by atoms with van der Waals surface area (Å²) in [5.74, 6) is -0.460. The number of rotatable bonds is 12. The quantitative estimate of drug-likeness (QED) is 0.183. The Labute approximate surface area is 281 Å². The minimum atomic E-state index is -1.05. The number of aromatic carboxylic acids is 1. The second-order valence-corrected chi connectivity index (χ2v) is 12.5. The van der Waals surface area contributed by atoms with Crippen LogP contribution in [0.2, 0.25) is 5.02 Å². The van der Waals surface area contributed by atoms with Crippen LogP contribution in [0.5, 0.6) is 11.5 Å². The molecule has 0 aromatic heterocycles. The molecule has 13 heteroatoms. The summed E-state index contributed by atoms with van der Waals surface area (Å²) in [7, 11) is 1.58. The Morgan fingerprint density at radius 3 is 2.54 bits per heavy atom. The van der Waals surface area contributed by atoms with Crippen molar-refractivity contribution in [2.75, 3.05) is 58.4 Å². The van der Waals surface area contributed by atoms with E-state index >= 15 is 0 Å². The van der Waals surface area contributed by atoms with Gasteiger partial charge < -0.3 is 24.6 Å². The zero-order chi connectivity index (χ0) is 32.6. The molecule has 2 aliphatic heterocycles. The number of hydrogen-bond donors (Lipinski definition) is 2. The van der Waals surface area contributed by atoms with Crippen molar-refractivity contribution in [1.29, 1.82) is 0 Å². The van der Waals surface area contributed by atoms with Crippen LogP contribution in [-0.4, -0.2) is 90.1 Å². The smallest absolute Gasteiger partial charge is 0.335 e. The number of ether oxygens (including phenoxy) is 3. The van der Waals surface area contributed by atoms with Gasteiger partial charge in [-0.15, -0.1) is 0 Å². The molecule has 0 saturated carbocycles. The lowest BCUT2D eigenvalue weighted by atomic mass is 10.0. The summed E-state index contributed by atoms with van der Waals surface area (Å²) >= 11 is 12.9. The summed E-state index contributed by atoms with van der Waals surface area (Å²) in [6.07, 6.45) is 1.77. The van der Waals surface area contributed by atoms with Crippen molar-refractivity contribution >= 4 is 69.4 Å². The van der Waals surface area contributed by atoms with E-state index in [1.165, 1.54) is 29.2 Å². The zero-order valence-corrected chi connectivity index (χ0v) is 27.4. The number of carbonyl (C=O) groups excluding carboxylic acids is 2. The third-order valence-electron chi connectivity index (χ3n) is 7.39. The van der Waals surface area contributed by atoms with E-state index in [2.05, 4.69) is 10.2 Å². The Balaban J connectivity index is 1.32. The number of carboxylic acids is 1. The topological polar surface area (TPSA) is 118 Å². The fraction of sp³-hybridized carbons (Fsp3) is 0.273. The van der Waals surface area contributed by atoms with E-state index in [4.69, 9.17) is 43.1 Å². The van der Waals surface area contributed by atoms with Gasteiger partial charge in [0, 0.05) is 54.4 Å². The SMILES string of the molecule is COc1cc(Cl)ccc1-c1ccc(OCCN2CCOCC2)c(C=C2SC(=S)N(CCC(=O)Nc3ccc(C(=O)O)cc3)C2=O)c1. The average molecular weight is 682 g/mol. The van der Waals surface area contributed by atoms with Crippen LogP contribution in [0, 0.1) is 0 Å². The van der Waals surface area contributed by atoms with Crippen LogP contribution in [0.4, 0.5) is 5.69 Å². The molecule has 3 aromatic carbocycles. The molecule has 10 nitrogen and oxygen atoms in total. The molecule has 240 valence electrons. The molecular formula is C33H32ClN3O7S2. The van der Waals surface area contributed by atoms with Gasteiger partial charge in [0.2, 0.25) is 5.91 Å². The summed E-state index contributed by atoms with van der Waals surface area (Å²) in [4.78, 5) is 41.3. The van der Waals surface area contributed by atoms with Gasteiger partial charge in [0.1, 0.15) is 22.4 Å². The first-order chi connectivity index (χ1) is 22.2. The molecule has 5 rings (SSSR count). The van der Waals surface area contributed by atoms with Gasteiger partial charge in [-0.05, 0) is 66.2 Å². The number of nitrogens with one attached hydrogen (secondary N) is 1. The predicted octanol–water partition coefficient (Wildman–Crippen LogP) is 5.65. The number of hydrogen-bond acceptors (Lipinski definition) is 9. The summed E-state index contributed by atoms with van der Waals surface area (Å²) < 4.78 is 17.6. The van der Waals surface area contributed by atoms with E-state index in [1.807, 2.05) is 24.3 Å². The molecule has 0 aliphatic carbocycles. The highest BCUT2D eigenvalue weighted by Crippen LogP contribution is 2.38. The number of methoxy groups -OCH3 is 1. The number of benzene rings is 3. The Hall–Kier alpha value is -3.94. The lowest BCUT2D eigenvalue weighted by Crippen LogP contribution is -2.38. The van der Waals surface area contributed by atoms with Crippen molar-refractivity contribution < 1.29 is 33.7 Å². The van der Waals surface area contributed by atoms with E-state index in [9.17, 15) is 14.4 Å². The first kappa shape index (κ1) is 33.4. The zero-order valence-electron chi connectivity index (χ0n) is 25.0. The highest BCUT2D eigenvalue weighted by molar-refractivity contribution is 8.26. The highest BCUT2D eigenvalue weighted by atomic mass is 35.5. The minimum absolute atomic E-state index is 0.00213. The fourth-order valence-electron chi connectivity index (χ4n) is 4.94. The predicted molar refractivity (Wildman–Crippen MR) is 183 cm³/mol. The van der Waals surface area contributed by atoms with Crippen molar-refractivity contribution in [3.05, 3.63) is 81.7 Å². The van der Waals surface area contributed by atoms with Crippen molar-refractivity contribution in [3.63, 3.8) is 0 Å². The number of thiocarbonyl (C=S) groups is 1.